The van der Waals surface area contributed by atoms with Gasteiger partial charge >= 0.3 is 0 Å². The van der Waals surface area contributed by atoms with E-state index in [2.05, 4.69) is 229 Å². The summed E-state index contributed by atoms with van der Waals surface area (Å²) in [6.45, 7) is 7.00. The van der Waals surface area contributed by atoms with Crippen LogP contribution in [0.5, 0.6) is 0 Å². The standard InChI is InChI=1S/C58H48N4/c1-4-41(45-30-31-53(40(3)35-45)60-33-32-59-58(60)44-28-26-43(27-29-44)42-16-6-5-7-17-42)34-39(2)46-36-47(61-54-22-12-8-18-49(54)50-19-9-13-23-55(50)61)38-48(37-46)62-56-24-14-10-20-51(56)52-21-11-15-25-57(52)62/h5-33,35-39,41H,4,34H2,1-3H3. The van der Waals surface area contributed by atoms with Crippen LogP contribution in [0, 0.1) is 6.92 Å². The Balaban J connectivity index is 0.968. The molecular formula is C58H48N4. The summed E-state index contributed by atoms with van der Waals surface area (Å²) in [5.74, 6) is 1.63. The number of imidazole rings is 1. The van der Waals surface area contributed by atoms with Gasteiger partial charge in [-0.25, -0.2) is 4.98 Å². The van der Waals surface area contributed by atoms with E-state index in [1.807, 2.05) is 6.20 Å². The van der Waals surface area contributed by atoms with E-state index in [-0.39, 0.29) is 0 Å². The molecule has 0 spiro atoms. The molecule has 300 valence electrons. The highest BCUT2D eigenvalue weighted by atomic mass is 15.1. The number of aromatic nitrogens is 4. The van der Waals surface area contributed by atoms with E-state index in [1.54, 1.807) is 0 Å². The van der Waals surface area contributed by atoms with Gasteiger partial charge in [0.15, 0.2) is 0 Å². The van der Waals surface area contributed by atoms with Gasteiger partial charge in [-0.3, -0.25) is 4.57 Å². The van der Waals surface area contributed by atoms with Crippen molar-refractivity contribution < 1.29 is 0 Å². The largest absolute Gasteiger partial charge is 0.309 e. The maximum absolute atomic E-state index is 4.83. The van der Waals surface area contributed by atoms with Gasteiger partial charge in [0.2, 0.25) is 0 Å². The van der Waals surface area contributed by atoms with E-state index in [4.69, 9.17) is 4.98 Å². The number of fused-ring (bicyclic) bond motifs is 6. The van der Waals surface area contributed by atoms with Crippen molar-refractivity contribution in [2.24, 2.45) is 0 Å². The minimum Gasteiger partial charge on any atom is -0.309 e. The van der Waals surface area contributed by atoms with Crippen molar-refractivity contribution in [3.63, 3.8) is 0 Å². The number of benzene rings is 8. The van der Waals surface area contributed by atoms with Crippen molar-refractivity contribution in [2.75, 3.05) is 0 Å². The topological polar surface area (TPSA) is 27.7 Å². The molecule has 4 nitrogen and oxygen atoms in total. The summed E-state index contributed by atoms with van der Waals surface area (Å²) in [4.78, 5) is 4.83. The molecule has 8 aromatic carbocycles. The maximum atomic E-state index is 4.83. The molecule has 0 fully saturated rings. The molecule has 11 rings (SSSR count). The molecule has 0 aliphatic heterocycles. The zero-order valence-electron chi connectivity index (χ0n) is 35.4. The van der Waals surface area contributed by atoms with Gasteiger partial charge < -0.3 is 9.13 Å². The molecule has 0 saturated carbocycles. The number of hydrogen-bond donors (Lipinski definition) is 0. The van der Waals surface area contributed by atoms with Crippen LogP contribution in [-0.2, 0) is 0 Å². The Kier molecular flexibility index (Phi) is 9.42. The average Bonchev–Trinajstić information content (AvgIpc) is 4.04. The van der Waals surface area contributed by atoms with Crippen molar-refractivity contribution in [1.82, 2.24) is 18.7 Å². The SMILES string of the molecule is CCC(CC(C)c1cc(-n2c3ccccc3c3ccccc32)cc(-n2c3ccccc3c3ccccc32)c1)c1ccc(-n2ccnc2-c2ccc(-c3ccccc3)cc2)c(C)c1. The quantitative estimate of drug-likeness (QED) is 0.135. The lowest BCUT2D eigenvalue weighted by atomic mass is 9.83. The van der Waals surface area contributed by atoms with E-state index in [9.17, 15) is 0 Å². The Morgan fingerprint density at radius 2 is 0.968 bits per heavy atom. The van der Waals surface area contributed by atoms with Gasteiger partial charge in [-0.15, -0.1) is 0 Å². The summed E-state index contributed by atoms with van der Waals surface area (Å²) in [6.07, 6.45) is 6.08. The van der Waals surface area contributed by atoms with Crippen molar-refractivity contribution in [2.45, 2.75) is 45.4 Å². The van der Waals surface area contributed by atoms with Crippen LogP contribution in [0.4, 0.5) is 0 Å². The highest BCUT2D eigenvalue weighted by Crippen LogP contribution is 2.40. The third-order valence-electron chi connectivity index (χ3n) is 13.1. The van der Waals surface area contributed by atoms with Gasteiger partial charge in [0.1, 0.15) is 5.82 Å². The maximum Gasteiger partial charge on any atom is 0.144 e. The monoisotopic (exact) mass is 800 g/mol. The third-order valence-corrected chi connectivity index (χ3v) is 13.1. The molecule has 3 heterocycles. The van der Waals surface area contributed by atoms with E-state index < -0.39 is 0 Å². The molecule has 0 N–H and O–H groups in total. The van der Waals surface area contributed by atoms with Crippen LogP contribution >= 0.6 is 0 Å². The molecule has 11 aromatic rings. The highest BCUT2D eigenvalue weighted by molar-refractivity contribution is 6.10. The predicted molar refractivity (Wildman–Crippen MR) is 260 cm³/mol. The fraction of sp³-hybridized carbons (Fsp3) is 0.121. The summed E-state index contributed by atoms with van der Waals surface area (Å²) in [5, 5.41) is 5.09. The van der Waals surface area contributed by atoms with Crippen LogP contribution in [0.2, 0.25) is 0 Å². The van der Waals surface area contributed by atoms with Crippen LogP contribution in [0.1, 0.15) is 55.2 Å². The molecule has 0 amide bonds. The lowest BCUT2D eigenvalue weighted by Crippen LogP contribution is -2.07. The molecule has 0 aliphatic carbocycles. The first-order chi connectivity index (χ1) is 30.5. The average molecular weight is 801 g/mol. The van der Waals surface area contributed by atoms with Crippen LogP contribution in [0.25, 0.3) is 83.2 Å². The smallest absolute Gasteiger partial charge is 0.144 e. The van der Waals surface area contributed by atoms with Gasteiger partial charge in [-0.2, -0.15) is 0 Å². The summed E-state index contributed by atoms with van der Waals surface area (Å²) >= 11 is 0. The van der Waals surface area contributed by atoms with Gasteiger partial charge in [0.25, 0.3) is 0 Å². The summed E-state index contributed by atoms with van der Waals surface area (Å²) in [7, 11) is 0. The second-order valence-electron chi connectivity index (χ2n) is 16.9. The zero-order valence-corrected chi connectivity index (χ0v) is 35.4. The fourth-order valence-electron chi connectivity index (χ4n) is 10.0. The first kappa shape index (κ1) is 37.6. The Labute approximate surface area is 363 Å². The molecule has 0 aliphatic rings. The molecule has 2 atom stereocenters. The molecule has 0 radical (unpaired) electrons. The van der Waals surface area contributed by atoms with Crippen LogP contribution < -0.4 is 0 Å². The molecule has 62 heavy (non-hydrogen) atoms. The summed E-state index contributed by atoms with van der Waals surface area (Å²) < 4.78 is 7.18. The number of nitrogens with zero attached hydrogens (tertiary/aromatic N) is 4. The van der Waals surface area contributed by atoms with Crippen molar-refractivity contribution >= 4 is 43.6 Å². The Morgan fingerprint density at radius 3 is 1.48 bits per heavy atom. The molecule has 2 unspecified atom stereocenters. The Morgan fingerprint density at radius 1 is 0.484 bits per heavy atom. The second-order valence-corrected chi connectivity index (χ2v) is 16.9. The van der Waals surface area contributed by atoms with Crippen LogP contribution in [0.15, 0.2) is 200 Å². The Hall–Kier alpha value is -7.43. The van der Waals surface area contributed by atoms with Crippen LogP contribution in [0.3, 0.4) is 0 Å². The van der Waals surface area contributed by atoms with Crippen LogP contribution in [-0.4, -0.2) is 18.7 Å². The molecule has 4 heteroatoms. The van der Waals surface area contributed by atoms with Crippen molar-refractivity contribution in [3.05, 3.63) is 217 Å². The molecular weight excluding hydrogens is 753 g/mol. The summed E-state index contributed by atoms with van der Waals surface area (Å²) in [5.41, 5.74) is 15.9. The first-order valence-electron chi connectivity index (χ1n) is 22.0. The van der Waals surface area contributed by atoms with Crippen molar-refractivity contribution in [1.29, 1.82) is 0 Å². The predicted octanol–water partition coefficient (Wildman–Crippen LogP) is 15.4. The lowest BCUT2D eigenvalue weighted by molar-refractivity contribution is 0.544. The zero-order chi connectivity index (χ0) is 41.7. The third kappa shape index (κ3) is 6.42. The van der Waals surface area contributed by atoms with Gasteiger partial charge in [-0.1, -0.05) is 153 Å². The van der Waals surface area contributed by atoms with E-state index in [0.717, 1.165) is 29.9 Å². The number of hydrogen-bond acceptors (Lipinski definition) is 1. The van der Waals surface area contributed by atoms with Gasteiger partial charge in [0, 0.05) is 56.6 Å². The minimum absolute atomic E-state index is 0.291. The van der Waals surface area contributed by atoms with Gasteiger partial charge in [-0.05, 0) is 108 Å². The fourth-order valence-corrected chi connectivity index (χ4v) is 10.0. The molecule has 0 bridgehead atoms. The summed E-state index contributed by atoms with van der Waals surface area (Å²) in [6, 6.07) is 69.0. The molecule has 3 aromatic heterocycles. The minimum atomic E-state index is 0.291. The van der Waals surface area contributed by atoms with Gasteiger partial charge in [0.05, 0.1) is 22.1 Å². The van der Waals surface area contributed by atoms with Crippen molar-refractivity contribution in [3.8, 4) is 39.6 Å². The molecule has 0 saturated heterocycles. The number of aryl methyl sites for hydroxylation is 1. The van der Waals surface area contributed by atoms with E-state index in [1.165, 1.54) is 82.8 Å². The Bertz CT molecular complexity index is 3160. The lowest BCUT2D eigenvalue weighted by Gasteiger charge is -2.24. The normalized spacial score (nSPS) is 12.8. The number of rotatable bonds is 10. The second kappa shape index (κ2) is 15.6. The van der Waals surface area contributed by atoms with E-state index in [0.29, 0.717) is 11.8 Å². The highest BCUT2D eigenvalue weighted by Gasteiger charge is 2.22. The first-order valence-corrected chi connectivity index (χ1v) is 22.0. The van der Waals surface area contributed by atoms with E-state index >= 15 is 0 Å². The number of para-hydroxylation sites is 4.